The summed E-state index contributed by atoms with van der Waals surface area (Å²) < 4.78 is 16.4. The maximum atomic E-state index is 12.3. The summed E-state index contributed by atoms with van der Waals surface area (Å²) in [5.74, 6) is -0.134. The minimum absolute atomic E-state index is 0.0663. The topological polar surface area (TPSA) is 94.8 Å². The molecule has 0 aliphatic carbocycles. The van der Waals surface area contributed by atoms with Crippen molar-refractivity contribution < 1.29 is 23.5 Å². The first kappa shape index (κ1) is 25.4. The molecule has 1 heterocycles. The first-order valence-electron chi connectivity index (χ1n) is 12.0. The number of carbonyl (C=O) groups excluding carboxylic acids is 2. The van der Waals surface area contributed by atoms with Crippen molar-refractivity contribution in [2.45, 2.75) is 32.9 Å². The summed E-state index contributed by atoms with van der Waals surface area (Å²) in [6.07, 6.45) is 3.68. The number of fused-ring (bicyclic) bond motifs is 1. The average Bonchev–Trinajstić information content (AvgIpc) is 2.91. The van der Waals surface area contributed by atoms with Crippen LogP contribution in [0, 0.1) is 0 Å². The zero-order chi connectivity index (χ0) is 26.2. The quantitative estimate of drug-likeness (QED) is 0.142. The van der Waals surface area contributed by atoms with Crippen molar-refractivity contribution in [3.63, 3.8) is 0 Å². The second-order valence-corrected chi connectivity index (χ2v) is 8.53. The molecular weight excluding hydrogens is 470 g/mol. The lowest BCUT2D eigenvalue weighted by Gasteiger charge is -2.11. The Morgan fingerprint density at radius 2 is 1.70 bits per heavy atom. The van der Waals surface area contributed by atoms with Crippen LogP contribution in [0.1, 0.15) is 41.8 Å². The van der Waals surface area contributed by atoms with Gasteiger partial charge in [0.15, 0.2) is 0 Å². The van der Waals surface area contributed by atoms with Crippen LogP contribution in [0.25, 0.3) is 17.0 Å². The van der Waals surface area contributed by atoms with E-state index in [-0.39, 0.29) is 22.9 Å². The lowest BCUT2D eigenvalue weighted by atomic mass is 10.1. The van der Waals surface area contributed by atoms with Crippen molar-refractivity contribution >= 4 is 28.9 Å². The molecule has 4 rings (SSSR count). The van der Waals surface area contributed by atoms with Gasteiger partial charge in [0.2, 0.25) is 0 Å². The number of rotatable bonds is 9. The molecule has 1 aromatic heterocycles. The number of carbonyl (C=O) groups is 2. The van der Waals surface area contributed by atoms with Gasteiger partial charge in [-0.1, -0.05) is 49.4 Å². The Labute approximate surface area is 214 Å². The minimum atomic E-state index is -0.757. The molecule has 1 N–H and O–H groups in total. The van der Waals surface area contributed by atoms with Crippen LogP contribution < -0.4 is 20.4 Å². The van der Waals surface area contributed by atoms with Crippen LogP contribution in [-0.4, -0.2) is 17.9 Å². The highest BCUT2D eigenvalue weighted by Gasteiger charge is 2.16. The third kappa shape index (κ3) is 6.95. The molecule has 0 saturated carbocycles. The maximum Gasteiger partial charge on any atom is 0.349 e. The van der Waals surface area contributed by atoms with E-state index in [1.165, 1.54) is 18.2 Å². The molecule has 0 aliphatic rings. The molecule has 1 amide bonds. The standard InChI is InChI=1S/C30H27NO6/c1-3-20(2)31-29(33)26-17-23-12-15-25(18-27(23)37-30(26)34)36-28(32)16-11-21-9-13-24(14-10-21)35-19-22-7-5-4-6-8-22/h4-18,20H,3,19H2,1-2H3,(H,31,33)/b16-11+. The second-order valence-electron chi connectivity index (χ2n) is 8.53. The molecule has 4 aromatic rings. The first-order chi connectivity index (χ1) is 17.9. The molecule has 7 heteroatoms. The normalized spacial score (nSPS) is 11.8. The smallest absolute Gasteiger partial charge is 0.349 e. The molecular formula is C30H27NO6. The van der Waals surface area contributed by atoms with Crippen molar-refractivity contribution in [3.05, 3.63) is 112 Å². The van der Waals surface area contributed by atoms with E-state index in [1.807, 2.05) is 68.4 Å². The van der Waals surface area contributed by atoms with Gasteiger partial charge in [0, 0.05) is 23.6 Å². The Kier molecular flexibility index (Phi) is 8.15. The minimum Gasteiger partial charge on any atom is -0.489 e. The number of ether oxygens (including phenoxy) is 2. The van der Waals surface area contributed by atoms with Gasteiger partial charge in [-0.15, -0.1) is 0 Å². The zero-order valence-corrected chi connectivity index (χ0v) is 20.6. The van der Waals surface area contributed by atoms with E-state index >= 15 is 0 Å². The van der Waals surface area contributed by atoms with Crippen molar-refractivity contribution in [2.24, 2.45) is 0 Å². The van der Waals surface area contributed by atoms with Gasteiger partial charge in [-0.25, -0.2) is 9.59 Å². The van der Waals surface area contributed by atoms with Gasteiger partial charge >= 0.3 is 11.6 Å². The number of nitrogens with one attached hydrogen (secondary N) is 1. The molecule has 7 nitrogen and oxygen atoms in total. The lowest BCUT2D eigenvalue weighted by molar-refractivity contribution is -0.128. The number of benzene rings is 3. The highest BCUT2D eigenvalue weighted by atomic mass is 16.5. The monoisotopic (exact) mass is 497 g/mol. The van der Waals surface area contributed by atoms with Crippen molar-refractivity contribution in [1.29, 1.82) is 0 Å². The van der Waals surface area contributed by atoms with Crippen LogP contribution >= 0.6 is 0 Å². The Bertz CT molecular complexity index is 1470. The van der Waals surface area contributed by atoms with Gasteiger partial charge < -0.3 is 19.2 Å². The van der Waals surface area contributed by atoms with Crippen molar-refractivity contribution in [1.82, 2.24) is 5.32 Å². The zero-order valence-electron chi connectivity index (χ0n) is 20.6. The highest BCUT2D eigenvalue weighted by Crippen LogP contribution is 2.21. The van der Waals surface area contributed by atoms with Crippen LogP contribution in [0.15, 0.2) is 94.2 Å². The SMILES string of the molecule is CCC(C)NC(=O)c1cc2ccc(OC(=O)/C=C/c3ccc(OCc4ccccc4)cc3)cc2oc1=O. The molecule has 0 radical (unpaired) electrons. The molecule has 1 atom stereocenters. The third-order valence-electron chi connectivity index (χ3n) is 5.70. The number of hydrogen-bond acceptors (Lipinski definition) is 6. The van der Waals surface area contributed by atoms with E-state index in [4.69, 9.17) is 13.9 Å². The number of esters is 1. The summed E-state index contributed by atoms with van der Waals surface area (Å²) in [6, 6.07) is 23.3. The molecule has 37 heavy (non-hydrogen) atoms. The van der Waals surface area contributed by atoms with Crippen molar-refractivity contribution in [2.75, 3.05) is 0 Å². The van der Waals surface area contributed by atoms with Gasteiger partial charge in [-0.3, -0.25) is 4.79 Å². The predicted octanol–water partition coefficient (Wildman–Crippen LogP) is 5.52. The summed E-state index contributed by atoms with van der Waals surface area (Å²) in [6.45, 7) is 4.26. The van der Waals surface area contributed by atoms with E-state index in [0.29, 0.717) is 12.0 Å². The molecule has 0 saturated heterocycles. The fourth-order valence-corrected chi connectivity index (χ4v) is 3.45. The Morgan fingerprint density at radius 1 is 0.973 bits per heavy atom. The lowest BCUT2D eigenvalue weighted by Crippen LogP contribution is -2.34. The van der Waals surface area contributed by atoms with E-state index < -0.39 is 17.5 Å². The van der Waals surface area contributed by atoms with Crippen molar-refractivity contribution in [3.8, 4) is 11.5 Å². The Balaban J connectivity index is 1.36. The van der Waals surface area contributed by atoms with Gasteiger partial charge in [-0.2, -0.15) is 0 Å². The van der Waals surface area contributed by atoms with Gasteiger partial charge in [0.1, 0.15) is 29.3 Å². The van der Waals surface area contributed by atoms with Crippen LogP contribution in [0.2, 0.25) is 0 Å². The first-order valence-corrected chi connectivity index (χ1v) is 12.0. The van der Waals surface area contributed by atoms with Crippen LogP contribution in [0.5, 0.6) is 11.5 Å². The Hall–Kier alpha value is -4.65. The fourth-order valence-electron chi connectivity index (χ4n) is 3.45. The molecule has 0 aliphatic heterocycles. The summed E-state index contributed by atoms with van der Waals surface area (Å²) in [4.78, 5) is 37.0. The van der Waals surface area contributed by atoms with Gasteiger partial charge in [-0.05, 0) is 60.9 Å². The predicted molar refractivity (Wildman–Crippen MR) is 142 cm³/mol. The van der Waals surface area contributed by atoms with E-state index in [9.17, 15) is 14.4 Å². The van der Waals surface area contributed by atoms with E-state index in [2.05, 4.69) is 5.32 Å². The maximum absolute atomic E-state index is 12.3. The summed E-state index contributed by atoms with van der Waals surface area (Å²) in [5, 5.41) is 3.29. The molecule has 0 spiro atoms. The van der Waals surface area contributed by atoms with E-state index in [0.717, 1.165) is 23.3 Å². The molecule has 188 valence electrons. The summed E-state index contributed by atoms with van der Waals surface area (Å²) in [5.41, 5.74) is 1.27. The van der Waals surface area contributed by atoms with Crippen LogP contribution in [-0.2, 0) is 11.4 Å². The van der Waals surface area contributed by atoms with Gasteiger partial charge in [0.05, 0.1) is 0 Å². The molecule has 1 unspecified atom stereocenters. The van der Waals surface area contributed by atoms with Crippen LogP contribution in [0.4, 0.5) is 0 Å². The highest BCUT2D eigenvalue weighted by molar-refractivity contribution is 5.97. The Morgan fingerprint density at radius 3 is 2.43 bits per heavy atom. The third-order valence-corrected chi connectivity index (χ3v) is 5.70. The molecule has 0 fully saturated rings. The summed E-state index contributed by atoms with van der Waals surface area (Å²) >= 11 is 0. The molecule has 3 aromatic carbocycles. The average molecular weight is 498 g/mol. The second kappa shape index (κ2) is 11.9. The fraction of sp³-hybridized carbons (Fsp3) is 0.167. The van der Waals surface area contributed by atoms with E-state index in [1.54, 1.807) is 18.2 Å². The largest absolute Gasteiger partial charge is 0.489 e. The number of hydrogen-bond donors (Lipinski definition) is 1. The molecule has 0 bridgehead atoms. The summed E-state index contributed by atoms with van der Waals surface area (Å²) in [7, 11) is 0. The van der Waals surface area contributed by atoms with Crippen LogP contribution in [0.3, 0.4) is 0 Å². The van der Waals surface area contributed by atoms with Gasteiger partial charge in [0.25, 0.3) is 5.91 Å². The number of amides is 1.